The lowest BCUT2D eigenvalue weighted by molar-refractivity contribution is 0.572. The average molecular weight is 318 g/mol. The molecule has 0 aliphatic rings. The number of aromatic nitrogens is 2. The zero-order valence-electron chi connectivity index (χ0n) is 11.0. The second-order valence-electron chi connectivity index (χ2n) is 4.44. The fourth-order valence-corrected chi connectivity index (χ4v) is 3.03. The lowest BCUT2D eigenvalue weighted by Crippen LogP contribution is -2.38. The van der Waals surface area contributed by atoms with Gasteiger partial charge in [0, 0.05) is 6.07 Å². The van der Waals surface area contributed by atoms with Crippen LogP contribution in [0.4, 0.5) is 8.78 Å². The molecule has 0 radical (unpaired) electrons. The van der Waals surface area contributed by atoms with E-state index in [1.165, 1.54) is 4.57 Å². The highest BCUT2D eigenvalue weighted by atomic mass is 32.1. The molecule has 0 unspecified atom stereocenters. The van der Waals surface area contributed by atoms with Crippen LogP contribution in [0.1, 0.15) is 0 Å². The molecule has 0 aliphatic carbocycles. The molecule has 0 bridgehead atoms. The minimum atomic E-state index is -0.998. The zero-order chi connectivity index (χ0) is 15.9. The Balaban J connectivity index is 2.47. The van der Waals surface area contributed by atoms with Crippen LogP contribution >= 0.6 is 11.3 Å². The molecule has 0 fully saturated rings. The van der Waals surface area contributed by atoms with Gasteiger partial charge < -0.3 is 0 Å². The van der Waals surface area contributed by atoms with Gasteiger partial charge in [-0.25, -0.2) is 18.1 Å². The fourth-order valence-electron chi connectivity index (χ4n) is 2.21. The van der Waals surface area contributed by atoms with Gasteiger partial charge in [-0.2, -0.15) is 0 Å². The van der Waals surface area contributed by atoms with Crippen molar-refractivity contribution in [2.45, 2.75) is 6.54 Å². The van der Waals surface area contributed by atoms with Crippen LogP contribution in [0.15, 0.2) is 39.2 Å². The molecule has 3 aromatic rings. The highest BCUT2D eigenvalue weighted by Crippen LogP contribution is 2.17. The lowest BCUT2D eigenvalue weighted by Gasteiger charge is -2.10. The van der Waals surface area contributed by atoms with Crippen LogP contribution in [0.25, 0.3) is 15.9 Å². The molecule has 0 N–H and O–H groups in total. The fraction of sp³-hybridized carbons (Fsp3) is 0.0667. The third-order valence-corrected chi connectivity index (χ3v) is 4.05. The maximum atomic E-state index is 14.0. The topological polar surface area (TPSA) is 44.0 Å². The third kappa shape index (κ3) is 2.05. The van der Waals surface area contributed by atoms with Crippen molar-refractivity contribution in [3.63, 3.8) is 0 Å². The first kappa shape index (κ1) is 14.2. The molecular formula is C15H8F2N2O2S. The van der Waals surface area contributed by atoms with Crippen LogP contribution in [-0.2, 0) is 6.54 Å². The molecule has 22 heavy (non-hydrogen) atoms. The summed E-state index contributed by atoms with van der Waals surface area (Å²) in [5.41, 5.74) is -1.33. The van der Waals surface area contributed by atoms with E-state index < -0.39 is 22.9 Å². The van der Waals surface area contributed by atoms with Crippen LogP contribution < -0.4 is 11.2 Å². The summed E-state index contributed by atoms with van der Waals surface area (Å²) < 4.78 is 29.1. The molecule has 0 saturated heterocycles. The van der Waals surface area contributed by atoms with Crippen LogP contribution in [0.2, 0.25) is 0 Å². The van der Waals surface area contributed by atoms with Gasteiger partial charge in [-0.1, -0.05) is 5.92 Å². The number of halogens is 2. The minimum absolute atomic E-state index is 0.0604. The zero-order valence-corrected chi connectivity index (χ0v) is 11.9. The van der Waals surface area contributed by atoms with E-state index in [2.05, 4.69) is 5.92 Å². The van der Waals surface area contributed by atoms with Crippen molar-refractivity contribution in [3.05, 3.63) is 62.1 Å². The Labute approximate surface area is 126 Å². The summed E-state index contributed by atoms with van der Waals surface area (Å²) in [5, 5.41) is 1.64. The van der Waals surface area contributed by atoms with Gasteiger partial charge in [0.25, 0.3) is 5.56 Å². The van der Waals surface area contributed by atoms with Crippen molar-refractivity contribution in [1.82, 2.24) is 9.13 Å². The van der Waals surface area contributed by atoms with Crippen molar-refractivity contribution in [2.75, 3.05) is 0 Å². The number of benzene rings is 1. The van der Waals surface area contributed by atoms with E-state index >= 15 is 0 Å². The summed E-state index contributed by atoms with van der Waals surface area (Å²) in [7, 11) is 0. The van der Waals surface area contributed by atoms with Gasteiger partial charge in [0.05, 0.1) is 17.7 Å². The smallest absolute Gasteiger partial charge is 0.280 e. The Hall–Kier alpha value is -2.72. The van der Waals surface area contributed by atoms with Gasteiger partial charge in [0.15, 0.2) is 0 Å². The van der Waals surface area contributed by atoms with E-state index in [0.717, 1.165) is 23.5 Å². The van der Waals surface area contributed by atoms with E-state index in [1.807, 2.05) is 0 Å². The molecule has 7 heteroatoms. The second kappa shape index (κ2) is 5.24. The summed E-state index contributed by atoms with van der Waals surface area (Å²) in [6, 6.07) is 4.25. The van der Waals surface area contributed by atoms with Crippen molar-refractivity contribution < 1.29 is 8.78 Å². The molecule has 0 atom stereocenters. The Kier molecular flexibility index (Phi) is 3.39. The first-order valence-electron chi connectivity index (χ1n) is 6.16. The number of thiophene rings is 1. The molecule has 4 nitrogen and oxygen atoms in total. The Morgan fingerprint density at radius 1 is 1.23 bits per heavy atom. The highest BCUT2D eigenvalue weighted by Gasteiger charge is 2.17. The van der Waals surface area contributed by atoms with Crippen LogP contribution in [0, 0.1) is 24.0 Å². The molecule has 2 aromatic heterocycles. The average Bonchev–Trinajstić information content (AvgIpc) is 2.95. The molecule has 3 rings (SSSR count). The molecule has 0 amide bonds. The summed E-state index contributed by atoms with van der Waals surface area (Å²) in [6.45, 7) is -0.0604. The van der Waals surface area contributed by atoms with Gasteiger partial charge in [-0.05, 0) is 23.6 Å². The van der Waals surface area contributed by atoms with E-state index in [4.69, 9.17) is 6.42 Å². The molecule has 0 aliphatic heterocycles. The lowest BCUT2D eigenvalue weighted by atomic mass is 10.3. The number of hydrogen-bond acceptors (Lipinski definition) is 3. The number of terminal acetylenes is 1. The van der Waals surface area contributed by atoms with E-state index in [0.29, 0.717) is 16.2 Å². The Morgan fingerprint density at radius 2 is 2.00 bits per heavy atom. The van der Waals surface area contributed by atoms with Crippen LogP contribution in [-0.4, -0.2) is 9.13 Å². The number of fused-ring (bicyclic) bond motifs is 1. The Bertz CT molecular complexity index is 1040. The van der Waals surface area contributed by atoms with Gasteiger partial charge in [-0.3, -0.25) is 9.36 Å². The Morgan fingerprint density at radius 3 is 2.68 bits per heavy atom. The van der Waals surface area contributed by atoms with Gasteiger partial charge in [0.1, 0.15) is 16.3 Å². The standard InChI is InChI=1S/C15H8F2N2O2S/c1-2-6-18-12-5-7-22-13(12)14(20)19(15(18)21)11-4-3-9(16)8-10(11)17/h1,3-5,7-8H,6H2. The predicted octanol–water partition coefficient (Wildman–Crippen LogP) is 2.13. The minimum Gasteiger partial charge on any atom is -0.280 e. The largest absolute Gasteiger partial charge is 0.337 e. The molecule has 2 heterocycles. The molecule has 0 spiro atoms. The number of hydrogen-bond donors (Lipinski definition) is 0. The predicted molar refractivity (Wildman–Crippen MR) is 80.4 cm³/mol. The van der Waals surface area contributed by atoms with Crippen molar-refractivity contribution in [1.29, 1.82) is 0 Å². The second-order valence-corrected chi connectivity index (χ2v) is 5.36. The first-order chi connectivity index (χ1) is 10.5. The quantitative estimate of drug-likeness (QED) is 0.680. The highest BCUT2D eigenvalue weighted by molar-refractivity contribution is 7.17. The van der Waals surface area contributed by atoms with Gasteiger partial charge in [-0.15, -0.1) is 17.8 Å². The van der Waals surface area contributed by atoms with Crippen LogP contribution in [0.3, 0.4) is 0 Å². The summed E-state index contributed by atoms with van der Waals surface area (Å²) >= 11 is 1.12. The third-order valence-electron chi connectivity index (χ3n) is 3.15. The monoisotopic (exact) mass is 318 g/mol. The van der Waals surface area contributed by atoms with Crippen molar-refractivity contribution in [3.8, 4) is 18.0 Å². The van der Waals surface area contributed by atoms with Gasteiger partial charge >= 0.3 is 5.69 Å². The van der Waals surface area contributed by atoms with Gasteiger partial charge in [0.2, 0.25) is 0 Å². The molecular weight excluding hydrogens is 310 g/mol. The van der Waals surface area contributed by atoms with E-state index in [1.54, 1.807) is 11.4 Å². The van der Waals surface area contributed by atoms with E-state index in [9.17, 15) is 18.4 Å². The summed E-state index contributed by atoms with van der Waals surface area (Å²) in [5.74, 6) is 0.533. The molecule has 110 valence electrons. The molecule has 1 aromatic carbocycles. The summed E-state index contributed by atoms with van der Waals surface area (Å²) in [4.78, 5) is 25.0. The number of nitrogens with zero attached hydrogens (tertiary/aromatic N) is 2. The molecule has 0 saturated carbocycles. The van der Waals surface area contributed by atoms with Crippen molar-refractivity contribution >= 4 is 21.6 Å². The normalized spacial score (nSPS) is 10.8. The maximum absolute atomic E-state index is 14.0. The SMILES string of the molecule is C#CCn1c(=O)n(-c2ccc(F)cc2F)c(=O)c2sccc21. The maximum Gasteiger partial charge on any atom is 0.337 e. The van der Waals surface area contributed by atoms with Crippen LogP contribution in [0.5, 0.6) is 0 Å². The number of rotatable bonds is 2. The summed E-state index contributed by atoms with van der Waals surface area (Å²) in [6.07, 6.45) is 5.25. The van der Waals surface area contributed by atoms with E-state index in [-0.39, 0.29) is 16.9 Å². The van der Waals surface area contributed by atoms with Crippen molar-refractivity contribution in [2.24, 2.45) is 0 Å². The first-order valence-corrected chi connectivity index (χ1v) is 7.04.